The Morgan fingerprint density at radius 2 is 2.26 bits per heavy atom. The Bertz CT molecular complexity index is 384. The summed E-state index contributed by atoms with van der Waals surface area (Å²) < 4.78 is 5.70. The van der Waals surface area contributed by atoms with E-state index in [2.05, 4.69) is 22.3 Å². The van der Waals surface area contributed by atoms with Gasteiger partial charge >= 0.3 is 0 Å². The molecule has 1 atom stereocenters. The predicted molar refractivity (Wildman–Crippen MR) is 77.9 cm³/mol. The lowest BCUT2D eigenvalue weighted by atomic mass is 10.0. The van der Waals surface area contributed by atoms with Crippen LogP contribution in [0.2, 0.25) is 0 Å². The average molecular weight is 264 g/mol. The number of piperidine rings is 1. The summed E-state index contributed by atoms with van der Waals surface area (Å²) in [5.74, 6) is 0.966. The van der Waals surface area contributed by atoms with Gasteiger partial charge in [-0.1, -0.05) is 12.1 Å². The van der Waals surface area contributed by atoms with E-state index in [-0.39, 0.29) is 6.61 Å². The minimum Gasteiger partial charge on any atom is -0.492 e. The zero-order chi connectivity index (χ0) is 13.5. The van der Waals surface area contributed by atoms with Crippen molar-refractivity contribution in [3.63, 3.8) is 0 Å². The fraction of sp³-hybridized carbons (Fsp3) is 0.600. The molecule has 0 saturated carbocycles. The second-order valence-corrected chi connectivity index (χ2v) is 4.86. The molecular formula is C15H24N2O2. The van der Waals surface area contributed by atoms with Crippen LogP contribution in [0.4, 0.5) is 5.69 Å². The molecule has 4 heteroatoms. The number of anilines is 1. The normalized spacial score (nSPS) is 19.5. The van der Waals surface area contributed by atoms with Crippen LogP contribution in [0.3, 0.4) is 0 Å². The summed E-state index contributed by atoms with van der Waals surface area (Å²) in [5, 5.41) is 12.3. The Balaban J connectivity index is 2.04. The van der Waals surface area contributed by atoms with Gasteiger partial charge in [-0.2, -0.15) is 0 Å². The third-order valence-electron chi connectivity index (χ3n) is 3.47. The van der Waals surface area contributed by atoms with Crippen molar-refractivity contribution in [2.75, 3.05) is 37.7 Å². The summed E-state index contributed by atoms with van der Waals surface area (Å²) in [6.45, 7) is 5.62. The number of para-hydroxylation sites is 2. The minimum atomic E-state index is 0.200. The van der Waals surface area contributed by atoms with Crippen molar-refractivity contribution in [3.8, 4) is 5.75 Å². The molecule has 106 valence electrons. The molecule has 0 aromatic heterocycles. The van der Waals surface area contributed by atoms with Crippen LogP contribution in [-0.4, -0.2) is 44.0 Å². The van der Waals surface area contributed by atoms with Gasteiger partial charge in [0.2, 0.25) is 0 Å². The van der Waals surface area contributed by atoms with Crippen LogP contribution in [0.5, 0.6) is 5.75 Å². The summed E-state index contributed by atoms with van der Waals surface area (Å²) >= 11 is 0. The summed E-state index contributed by atoms with van der Waals surface area (Å²) in [5.41, 5.74) is 1.18. The number of rotatable bonds is 6. The Labute approximate surface area is 115 Å². The summed E-state index contributed by atoms with van der Waals surface area (Å²) in [6.07, 6.45) is 2.34. The predicted octanol–water partition coefficient (Wildman–Crippen LogP) is 1.64. The van der Waals surface area contributed by atoms with Crippen LogP contribution in [-0.2, 0) is 0 Å². The molecule has 0 amide bonds. The van der Waals surface area contributed by atoms with E-state index in [1.807, 2.05) is 19.1 Å². The van der Waals surface area contributed by atoms with Crippen molar-refractivity contribution < 1.29 is 9.84 Å². The van der Waals surface area contributed by atoms with Gasteiger partial charge in [0.15, 0.2) is 0 Å². The lowest BCUT2D eigenvalue weighted by molar-refractivity contribution is 0.278. The summed E-state index contributed by atoms with van der Waals surface area (Å²) in [4.78, 5) is 2.38. The van der Waals surface area contributed by atoms with E-state index in [0.717, 1.165) is 18.8 Å². The van der Waals surface area contributed by atoms with Gasteiger partial charge in [0.25, 0.3) is 0 Å². The van der Waals surface area contributed by atoms with Gasteiger partial charge in [0, 0.05) is 25.7 Å². The van der Waals surface area contributed by atoms with Crippen molar-refractivity contribution in [2.45, 2.75) is 25.8 Å². The third-order valence-corrected chi connectivity index (χ3v) is 3.47. The van der Waals surface area contributed by atoms with Crippen LogP contribution in [0.1, 0.15) is 19.8 Å². The molecule has 4 nitrogen and oxygen atoms in total. The first-order chi connectivity index (χ1) is 9.35. The maximum absolute atomic E-state index is 8.90. The zero-order valence-corrected chi connectivity index (χ0v) is 11.6. The van der Waals surface area contributed by atoms with E-state index in [1.165, 1.54) is 18.5 Å². The largest absolute Gasteiger partial charge is 0.492 e. The van der Waals surface area contributed by atoms with E-state index in [9.17, 15) is 0 Å². The van der Waals surface area contributed by atoms with Crippen LogP contribution >= 0.6 is 0 Å². The molecule has 0 bridgehead atoms. The standard InChI is InChI=1S/C15H24N2O2/c1-2-19-15-8-4-3-7-14(15)17-10-5-6-13(12-17)16-9-11-18/h3-4,7-8,13,16,18H,2,5-6,9-12H2,1H3. The molecule has 0 radical (unpaired) electrons. The number of aliphatic hydroxyl groups is 1. The van der Waals surface area contributed by atoms with Gasteiger partial charge in [-0.15, -0.1) is 0 Å². The molecular weight excluding hydrogens is 240 g/mol. The van der Waals surface area contributed by atoms with E-state index in [0.29, 0.717) is 19.2 Å². The second-order valence-electron chi connectivity index (χ2n) is 4.86. The fourth-order valence-electron chi connectivity index (χ4n) is 2.63. The minimum absolute atomic E-state index is 0.200. The molecule has 19 heavy (non-hydrogen) atoms. The van der Waals surface area contributed by atoms with Gasteiger partial charge in [0.05, 0.1) is 18.9 Å². The maximum atomic E-state index is 8.90. The fourth-order valence-corrected chi connectivity index (χ4v) is 2.63. The highest BCUT2D eigenvalue weighted by Crippen LogP contribution is 2.30. The first kappa shape index (κ1) is 14.2. The highest BCUT2D eigenvalue weighted by Gasteiger charge is 2.21. The van der Waals surface area contributed by atoms with Gasteiger partial charge in [-0.3, -0.25) is 0 Å². The number of hydrogen-bond donors (Lipinski definition) is 2. The van der Waals surface area contributed by atoms with E-state index in [4.69, 9.17) is 9.84 Å². The number of ether oxygens (including phenoxy) is 1. The summed E-state index contributed by atoms with van der Waals surface area (Å²) in [6, 6.07) is 8.68. The van der Waals surface area contributed by atoms with E-state index in [1.54, 1.807) is 0 Å². The topological polar surface area (TPSA) is 44.7 Å². The molecule has 1 aromatic carbocycles. The Morgan fingerprint density at radius 3 is 3.05 bits per heavy atom. The molecule has 2 N–H and O–H groups in total. The lowest BCUT2D eigenvalue weighted by Crippen LogP contribution is -2.46. The van der Waals surface area contributed by atoms with Gasteiger partial charge < -0.3 is 20.1 Å². The molecule has 1 heterocycles. The van der Waals surface area contributed by atoms with Crippen LogP contribution < -0.4 is 15.0 Å². The Kier molecular flexibility index (Phi) is 5.48. The van der Waals surface area contributed by atoms with Gasteiger partial charge in [0.1, 0.15) is 5.75 Å². The molecule has 1 aliphatic heterocycles. The first-order valence-corrected chi connectivity index (χ1v) is 7.16. The third kappa shape index (κ3) is 3.85. The molecule has 1 fully saturated rings. The van der Waals surface area contributed by atoms with Crippen LogP contribution in [0.15, 0.2) is 24.3 Å². The van der Waals surface area contributed by atoms with Gasteiger partial charge in [-0.05, 0) is 31.9 Å². The summed E-state index contributed by atoms with van der Waals surface area (Å²) in [7, 11) is 0. The van der Waals surface area contributed by atoms with Crippen molar-refractivity contribution in [3.05, 3.63) is 24.3 Å². The maximum Gasteiger partial charge on any atom is 0.142 e. The molecule has 1 saturated heterocycles. The van der Waals surface area contributed by atoms with E-state index < -0.39 is 0 Å². The van der Waals surface area contributed by atoms with Crippen LogP contribution in [0.25, 0.3) is 0 Å². The van der Waals surface area contributed by atoms with Crippen molar-refractivity contribution in [1.29, 1.82) is 0 Å². The molecule has 1 unspecified atom stereocenters. The molecule has 1 aromatic rings. The first-order valence-electron chi connectivity index (χ1n) is 7.16. The lowest BCUT2D eigenvalue weighted by Gasteiger charge is -2.35. The van der Waals surface area contributed by atoms with Gasteiger partial charge in [-0.25, -0.2) is 0 Å². The smallest absolute Gasteiger partial charge is 0.142 e. The molecule has 2 rings (SSSR count). The number of aliphatic hydroxyl groups excluding tert-OH is 1. The monoisotopic (exact) mass is 264 g/mol. The zero-order valence-electron chi connectivity index (χ0n) is 11.6. The van der Waals surface area contributed by atoms with Crippen molar-refractivity contribution in [1.82, 2.24) is 5.32 Å². The van der Waals surface area contributed by atoms with E-state index >= 15 is 0 Å². The SMILES string of the molecule is CCOc1ccccc1N1CCCC(NCCO)C1. The molecule has 0 aliphatic carbocycles. The molecule has 0 spiro atoms. The quantitative estimate of drug-likeness (QED) is 0.820. The highest BCUT2D eigenvalue weighted by atomic mass is 16.5. The number of hydrogen-bond acceptors (Lipinski definition) is 4. The van der Waals surface area contributed by atoms with Crippen molar-refractivity contribution in [2.24, 2.45) is 0 Å². The molecule has 1 aliphatic rings. The van der Waals surface area contributed by atoms with Crippen LogP contribution in [0, 0.1) is 0 Å². The number of nitrogens with one attached hydrogen (secondary N) is 1. The highest BCUT2D eigenvalue weighted by molar-refractivity contribution is 5.58. The average Bonchev–Trinajstić information content (AvgIpc) is 2.46. The Hall–Kier alpha value is -1.26. The second kappa shape index (κ2) is 7.36. The number of nitrogens with zero attached hydrogens (tertiary/aromatic N) is 1. The Morgan fingerprint density at radius 1 is 1.42 bits per heavy atom. The van der Waals surface area contributed by atoms with Crippen molar-refractivity contribution >= 4 is 5.69 Å². The number of benzene rings is 1.